The van der Waals surface area contributed by atoms with Gasteiger partial charge in [-0.05, 0) is 26.0 Å². The number of halogens is 2. The summed E-state index contributed by atoms with van der Waals surface area (Å²) in [6.45, 7) is 3.37. The van der Waals surface area contributed by atoms with Gasteiger partial charge in [-0.25, -0.2) is 8.78 Å². The van der Waals surface area contributed by atoms with E-state index in [0.29, 0.717) is 17.5 Å². The molecular weight excluding hydrogens is 280 g/mol. The molecule has 0 unspecified atom stereocenters. The molecule has 0 amide bonds. The number of hydrogen-bond donors (Lipinski definition) is 2. The van der Waals surface area contributed by atoms with Crippen molar-refractivity contribution >= 4 is 5.84 Å². The van der Waals surface area contributed by atoms with Crippen LogP contribution in [-0.4, -0.2) is 16.0 Å². The van der Waals surface area contributed by atoms with Crippen molar-refractivity contribution in [2.75, 3.05) is 0 Å². The second-order valence-corrected chi connectivity index (χ2v) is 4.38. The summed E-state index contributed by atoms with van der Waals surface area (Å²) in [5.41, 5.74) is 6.90. The van der Waals surface area contributed by atoms with Crippen molar-refractivity contribution in [1.29, 1.82) is 0 Å². The maximum atomic E-state index is 13.7. The Morgan fingerprint density at radius 1 is 1.24 bits per heavy atom. The maximum absolute atomic E-state index is 13.7. The summed E-state index contributed by atoms with van der Waals surface area (Å²) in [5.74, 6) is -1.78. The van der Waals surface area contributed by atoms with Gasteiger partial charge in [0, 0.05) is 17.8 Å². The molecule has 0 atom stereocenters. The van der Waals surface area contributed by atoms with E-state index in [9.17, 15) is 8.78 Å². The van der Waals surface area contributed by atoms with Gasteiger partial charge in [-0.15, -0.1) is 0 Å². The third-order valence-corrected chi connectivity index (χ3v) is 2.77. The molecule has 0 radical (unpaired) electrons. The van der Waals surface area contributed by atoms with Crippen molar-refractivity contribution in [3.05, 3.63) is 52.9 Å². The van der Waals surface area contributed by atoms with E-state index in [2.05, 4.69) is 10.1 Å². The minimum atomic E-state index is -0.854. The molecule has 0 saturated heterocycles. The molecule has 0 aliphatic rings. The van der Waals surface area contributed by atoms with E-state index in [1.54, 1.807) is 13.8 Å². The average Bonchev–Trinajstić information content (AvgIpc) is 2.40. The lowest BCUT2D eigenvalue weighted by Gasteiger charge is -2.13. The molecule has 7 heteroatoms. The molecule has 21 heavy (non-hydrogen) atoms. The van der Waals surface area contributed by atoms with Crippen LogP contribution in [-0.2, 0) is 0 Å². The Kier molecular flexibility index (Phi) is 4.02. The largest absolute Gasteiger partial charge is 0.453 e. The van der Waals surface area contributed by atoms with Gasteiger partial charge in [0.15, 0.2) is 17.4 Å². The van der Waals surface area contributed by atoms with Crippen LogP contribution in [0.1, 0.15) is 17.0 Å². The van der Waals surface area contributed by atoms with Crippen LogP contribution in [0.2, 0.25) is 0 Å². The first-order valence-electron chi connectivity index (χ1n) is 6.01. The summed E-state index contributed by atoms with van der Waals surface area (Å²) < 4.78 is 32.0. The van der Waals surface area contributed by atoms with Gasteiger partial charge in [0.1, 0.15) is 11.6 Å². The SMILES string of the molecule is Cc1cc(Oc2ccc(F)cc2F)c(/C(N)=N/O)c(C)n1. The quantitative estimate of drug-likeness (QED) is 0.394. The third kappa shape index (κ3) is 3.07. The van der Waals surface area contributed by atoms with Crippen LogP contribution in [0.15, 0.2) is 29.4 Å². The fourth-order valence-corrected chi connectivity index (χ4v) is 1.91. The standard InChI is InChI=1S/C14H13F2N3O2/c1-7-5-12(13(8(2)18-7)14(17)19-20)21-11-4-3-9(15)6-10(11)16/h3-6,20H,1-2H3,(H2,17,19). The van der Waals surface area contributed by atoms with Gasteiger partial charge in [0.2, 0.25) is 0 Å². The maximum Gasteiger partial charge on any atom is 0.175 e. The van der Waals surface area contributed by atoms with Crippen LogP contribution in [0.4, 0.5) is 8.78 Å². The molecule has 1 aromatic heterocycles. The Bertz CT molecular complexity index is 718. The van der Waals surface area contributed by atoms with Crippen LogP contribution >= 0.6 is 0 Å². The molecule has 110 valence electrons. The van der Waals surface area contributed by atoms with Crippen LogP contribution in [0.25, 0.3) is 0 Å². The van der Waals surface area contributed by atoms with E-state index < -0.39 is 11.6 Å². The van der Waals surface area contributed by atoms with E-state index in [0.717, 1.165) is 12.1 Å². The number of pyridine rings is 1. The summed E-state index contributed by atoms with van der Waals surface area (Å²) in [5, 5.41) is 11.7. The van der Waals surface area contributed by atoms with Gasteiger partial charge in [0.05, 0.1) is 11.3 Å². The van der Waals surface area contributed by atoms with Gasteiger partial charge in [-0.3, -0.25) is 4.98 Å². The summed E-state index contributed by atoms with van der Waals surface area (Å²) in [6.07, 6.45) is 0. The highest BCUT2D eigenvalue weighted by Crippen LogP contribution is 2.29. The lowest BCUT2D eigenvalue weighted by Crippen LogP contribution is -2.17. The van der Waals surface area contributed by atoms with E-state index in [4.69, 9.17) is 15.7 Å². The number of amidine groups is 1. The molecule has 0 saturated carbocycles. The minimum Gasteiger partial charge on any atom is -0.453 e. The number of aryl methyl sites for hydroxylation is 2. The molecule has 0 aliphatic carbocycles. The minimum absolute atomic E-state index is 0.167. The first-order chi connectivity index (χ1) is 9.92. The number of oxime groups is 1. The highest BCUT2D eigenvalue weighted by atomic mass is 19.1. The third-order valence-electron chi connectivity index (χ3n) is 2.77. The molecule has 2 rings (SSSR count). The van der Waals surface area contributed by atoms with Crippen LogP contribution in [0.3, 0.4) is 0 Å². The Morgan fingerprint density at radius 2 is 1.95 bits per heavy atom. The second-order valence-electron chi connectivity index (χ2n) is 4.38. The highest BCUT2D eigenvalue weighted by molar-refractivity contribution is 6.00. The van der Waals surface area contributed by atoms with E-state index >= 15 is 0 Å². The number of ether oxygens (including phenoxy) is 1. The van der Waals surface area contributed by atoms with Gasteiger partial charge in [0.25, 0.3) is 0 Å². The zero-order chi connectivity index (χ0) is 15.6. The van der Waals surface area contributed by atoms with Crippen molar-refractivity contribution in [3.63, 3.8) is 0 Å². The normalized spacial score (nSPS) is 11.5. The Hall–Kier alpha value is -2.70. The number of nitrogens with zero attached hydrogens (tertiary/aromatic N) is 2. The lowest BCUT2D eigenvalue weighted by atomic mass is 10.1. The number of nitrogens with two attached hydrogens (primary N) is 1. The molecule has 3 N–H and O–H groups in total. The van der Waals surface area contributed by atoms with Crippen molar-refractivity contribution in [1.82, 2.24) is 4.98 Å². The molecule has 2 aromatic rings. The molecule has 1 aromatic carbocycles. The Labute approximate surface area is 119 Å². The first-order valence-corrected chi connectivity index (χ1v) is 6.01. The van der Waals surface area contributed by atoms with Gasteiger partial charge >= 0.3 is 0 Å². The van der Waals surface area contributed by atoms with E-state index in [1.165, 1.54) is 6.07 Å². The molecule has 5 nitrogen and oxygen atoms in total. The van der Waals surface area contributed by atoms with Gasteiger partial charge in [-0.2, -0.15) is 0 Å². The molecule has 1 heterocycles. The number of rotatable bonds is 3. The molecule has 0 fully saturated rings. The monoisotopic (exact) mass is 293 g/mol. The summed E-state index contributed by atoms with van der Waals surface area (Å²) >= 11 is 0. The smallest absolute Gasteiger partial charge is 0.175 e. The Morgan fingerprint density at radius 3 is 2.57 bits per heavy atom. The molecule has 0 bridgehead atoms. The van der Waals surface area contributed by atoms with Crippen LogP contribution in [0.5, 0.6) is 11.5 Å². The highest BCUT2D eigenvalue weighted by Gasteiger charge is 2.16. The Balaban J connectivity index is 2.53. The fraction of sp³-hybridized carbons (Fsp3) is 0.143. The summed E-state index contributed by atoms with van der Waals surface area (Å²) in [4.78, 5) is 4.18. The second kappa shape index (κ2) is 5.74. The number of benzene rings is 1. The van der Waals surface area contributed by atoms with Crippen molar-refractivity contribution in [2.24, 2.45) is 10.9 Å². The predicted octanol–water partition coefficient (Wildman–Crippen LogP) is 2.86. The van der Waals surface area contributed by atoms with Crippen LogP contribution in [0, 0.1) is 25.5 Å². The van der Waals surface area contributed by atoms with Gasteiger partial charge < -0.3 is 15.7 Å². The average molecular weight is 293 g/mol. The number of hydrogen-bond acceptors (Lipinski definition) is 4. The van der Waals surface area contributed by atoms with Crippen molar-refractivity contribution in [2.45, 2.75) is 13.8 Å². The first kappa shape index (κ1) is 14.7. The van der Waals surface area contributed by atoms with Crippen LogP contribution < -0.4 is 10.5 Å². The zero-order valence-corrected chi connectivity index (χ0v) is 11.4. The van der Waals surface area contributed by atoms with E-state index in [-0.39, 0.29) is 22.9 Å². The summed E-state index contributed by atoms with van der Waals surface area (Å²) in [6, 6.07) is 4.46. The predicted molar refractivity (Wildman–Crippen MR) is 72.7 cm³/mol. The summed E-state index contributed by atoms with van der Waals surface area (Å²) in [7, 11) is 0. The molecule has 0 spiro atoms. The molecule has 0 aliphatic heterocycles. The van der Waals surface area contributed by atoms with Gasteiger partial charge in [-0.1, -0.05) is 5.16 Å². The van der Waals surface area contributed by atoms with E-state index in [1.807, 2.05) is 0 Å². The fourth-order valence-electron chi connectivity index (χ4n) is 1.91. The zero-order valence-electron chi connectivity index (χ0n) is 11.4. The topological polar surface area (TPSA) is 80.7 Å². The lowest BCUT2D eigenvalue weighted by molar-refractivity contribution is 0.318. The van der Waals surface area contributed by atoms with Crippen molar-refractivity contribution < 1.29 is 18.7 Å². The van der Waals surface area contributed by atoms with Crippen molar-refractivity contribution in [3.8, 4) is 11.5 Å². The number of aromatic nitrogens is 1. The molecular formula is C14H13F2N3O2.